The van der Waals surface area contributed by atoms with Gasteiger partial charge in [0.25, 0.3) is 0 Å². The van der Waals surface area contributed by atoms with Crippen LogP contribution < -0.4 is 5.32 Å². The van der Waals surface area contributed by atoms with Gasteiger partial charge in [-0.3, -0.25) is 0 Å². The third-order valence-corrected chi connectivity index (χ3v) is 3.01. The standard InChI is InChI=1S/C16H24N4/c1-12-6-13(2)8-14(7-12)10-20-11-15(18-19-20)9-17-16(3,4)5/h6-8,11,17H,9-10H2,1-5H3. The van der Waals surface area contributed by atoms with Gasteiger partial charge in [0.2, 0.25) is 0 Å². The number of nitrogens with zero attached hydrogens (tertiary/aromatic N) is 3. The fourth-order valence-electron chi connectivity index (χ4n) is 2.20. The number of rotatable bonds is 4. The van der Waals surface area contributed by atoms with Crippen LogP contribution in [0.5, 0.6) is 0 Å². The lowest BCUT2D eigenvalue weighted by atomic mass is 10.1. The van der Waals surface area contributed by atoms with Crippen LogP contribution in [0, 0.1) is 13.8 Å². The van der Waals surface area contributed by atoms with Crippen molar-refractivity contribution in [2.45, 2.75) is 53.2 Å². The number of benzene rings is 1. The first-order valence-corrected chi connectivity index (χ1v) is 7.03. The highest BCUT2D eigenvalue weighted by molar-refractivity contribution is 5.28. The molecule has 0 saturated heterocycles. The average molecular weight is 272 g/mol. The van der Waals surface area contributed by atoms with Crippen molar-refractivity contribution in [2.24, 2.45) is 0 Å². The van der Waals surface area contributed by atoms with Gasteiger partial charge in [0.1, 0.15) is 0 Å². The van der Waals surface area contributed by atoms with Crippen LogP contribution in [-0.2, 0) is 13.1 Å². The van der Waals surface area contributed by atoms with E-state index >= 15 is 0 Å². The SMILES string of the molecule is Cc1cc(C)cc(Cn2cc(CNC(C)(C)C)nn2)c1. The molecule has 0 bridgehead atoms. The normalized spacial score (nSPS) is 11.8. The van der Waals surface area contributed by atoms with Crippen LogP contribution >= 0.6 is 0 Å². The fourth-order valence-corrected chi connectivity index (χ4v) is 2.20. The van der Waals surface area contributed by atoms with Gasteiger partial charge in [-0.05, 0) is 40.2 Å². The molecule has 4 heteroatoms. The van der Waals surface area contributed by atoms with E-state index in [9.17, 15) is 0 Å². The van der Waals surface area contributed by atoms with E-state index in [-0.39, 0.29) is 5.54 Å². The van der Waals surface area contributed by atoms with Crippen LogP contribution in [0.1, 0.15) is 43.2 Å². The lowest BCUT2D eigenvalue weighted by Crippen LogP contribution is -2.35. The minimum Gasteiger partial charge on any atom is -0.306 e. The molecule has 2 rings (SSSR count). The number of hydrogen-bond donors (Lipinski definition) is 1. The Hall–Kier alpha value is -1.68. The monoisotopic (exact) mass is 272 g/mol. The lowest BCUT2D eigenvalue weighted by Gasteiger charge is -2.19. The van der Waals surface area contributed by atoms with Crippen molar-refractivity contribution in [2.75, 3.05) is 0 Å². The second-order valence-electron chi connectivity index (χ2n) is 6.51. The Balaban J connectivity index is 2.02. The zero-order valence-electron chi connectivity index (χ0n) is 13.1. The predicted molar refractivity (Wildman–Crippen MR) is 81.6 cm³/mol. The maximum absolute atomic E-state index is 4.21. The van der Waals surface area contributed by atoms with Crippen LogP contribution in [0.3, 0.4) is 0 Å². The average Bonchev–Trinajstić information content (AvgIpc) is 2.72. The summed E-state index contributed by atoms with van der Waals surface area (Å²) in [6.07, 6.45) is 2.01. The number of aromatic nitrogens is 3. The van der Waals surface area contributed by atoms with Crippen molar-refractivity contribution in [1.82, 2.24) is 20.3 Å². The van der Waals surface area contributed by atoms with Crippen LogP contribution in [0.2, 0.25) is 0 Å². The number of aryl methyl sites for hydroxylation is 2. The molecular formula is C16H24N4. The maximum atomic E-state index is 4.21. The van der Waals surface area contributed by atoms with Gasteiger partial charge in [0.05, 0.1) is 18.4 Å². The topological polar surface area (TPSA) is 42.7 Å². The van der Waals surface area contributed by atoms with Gasteiger partial charge in [-0.25, -0.2) is 4.68 Å². The van der Waals surface area contributed by atoms with Gasteiger partial charge in [-0.15, -0.1) is 5.10 Å². The van der Waals surface area contributed by atoms with Crippen molar-refractivity contribution in [1.29, 1.82) is 0 Å². The Morgan fingerprint density at radius 3 is 2.35 bits per heavy atom. The van der Waals surface area contributed by atoms with E-state index in [0.29, 0.717) is 0 Å². The zero-order chi connectivity index (χ0) is 14.8. The Morgan fingerprint density at radius 1 is 1.10 bits per heavy atom. The predicted octanol–water partition coefficient (Wildman–Crippen LogP) is 2.83. The number of hydrogen-bond acceptors (Lipinski definition) is 3. The summed E-state index contributed by atoms with van der Waals surface area (Å²) >= 11 is 0. The van der Waals surface area contributed by atoms with E-state index < -0.39 is 0 Å². The Kier molecular flexibility index (Phi) is 4.23. The van der Waals surface area contributed by atoms with Gasteiger partial charge in [0.15, 0.2) is 0 Å². The molecule has 2 aromatic rings. The first-order valence-electron chi connectivity index (χ1n) is 7.03. The van der Waals surface area contributed by atoms with Crippen LogP contribution in [0.15, 0.2) is 24.4 Å². The highest BCUT2D eigenvalue weighted by Gasteiger charge is 2.10. The van der Waals surface area contributed by atoms with Crippen LogP contribution in [0.25, 0.3) is 0 Å². The van der Waals surface area contributed by atoms with E-state index in [4.69, 9.17) is 0 Å². The van der Waals surface area contributed by atoms with Gasteiger partial charge < -0.3 is 5.32 Å². The molecule has 0 aliphatic rings. The highest BCUT2D eigenvalue weighted by atomic mass is 15.4. The summed E-state index contributed by atoms with van der Waals surface area (Å²) in [4.78, 5) is 0. The molecule has 0 unspecified atom stereocenters. The molecule has 1 N–H and O–H groups in total. The molecule has 0 spiro atoms. The second kappa shape index (κ2) is 5.75. The summed E-state index contributed by atoms with van der Waals surface area (Å²) in [5.74, 6) is 0. The zero-order valence-corrected chi connectivity index (χ0v) is 13.1. The summed E-state index contributed by atoms with van der Waals surface area (Å²) in [5.41, 5.74) is 4.91. The van der Waals surface area contributed by atoms with Crippen molar-refractivity contribution in [3.05, 3.63) is 46.8 Å². The van der Waals surface area contributed by atoms with E-state index in [0.717, 1.165) is 18.8 Å². The molecular weight excluding hydrogens is 248 g/mol. The first-order chi connectivity index (χ1) is 9.32. The molecule has 20 heavy (non-hydrogen) atoms. The van der Waals surface area contributed by atoms with Crippen LogP contribution in [0.4, 0.5) is 0 Å². The third kappa shape index (κ3) is 4.46. The molecule has 0 saturated carbocycles. The Morgan fingerprint density at radius 2 is 1.75 bits per heavy atom. The minimum atomic E-state index is 0.0947. The molecule has 0 fully saturated rings. The van der Waals surface area contributed by atoms with Crippen LogP contribution in [-0.4, -0.2) is 20.5 Å². The van der Waals surface area contributed by atoms with E-state index in [1.54, 1.807) is 0 Å². The van der Waals surface area contributed by atoms with Crippen molar-refractivity contribution < 1.29 is 0 Å². The summed E-state index contributed by atoms with van der Waals surface area (Å²) in [6.45, 7) is 12.2. The molecule has 0 radical (unpaired) electrons. The largest absolute Gasteiger partial charge is 0.306 e. The quantitative estimate of drug-likeness (QED) is 0.930. The molecule has 0 aliphatic heterocycles. The summed E-state index contributed by atoms with van der Waals surface area (Å²) in [5, 5.41) is 11.8. The van der Waals surface area contributed by atoms with Crippen molar-refractivity contribution in [3.63, 3.8) is 0 Å². The fraction of sp³-hybridized carbons (Fsp3) is 0.500. The summed E-state index contributed by atoms with van der Waals surface area (Å²) < 4.78 is 1.90. The molecule has 1 aromatic carbocycles. The van der Waals surface area contributed by atoms with Gasteiger partial charge in [-0.2, -0.15) is 0 Å². The molecule has 0 amide bonds. The Bertz CT molecular complexity index is 558. The lowest BCUT2D eigenvalue weighted by molar-refractivity contribution is 0.421. The maximum Gasteiger partial charge on any atom is 0.0965 e. The van der Waals surface area contributed by atoms with E-state index in [2.05, 4.69) is 68.4 Å². The molecule has 1 aromatic heterocycles. The Labute approximate surface area is 121 Å². The molecule has 108 valence electrons. The highest BCUT2D eigenvalue weighted by Crippen LogP contribution is 2.10. The van der Waals surface area contributed by atoms with E-state index in [1.807, 2.05) is 10.9 Å². The van der Waals surface area contributed by atoms with Gasteiger partial charge in [0, 0.05) is 12.1 Å². The van der Waals surface area contributed by atoms with Gasteiger partial charge >= 0.3 is 0 Å². The first kappa shape index (κ1) is 14.7. The second-order valence-corrected chi connectivity index (χ2v) is 6.51. The summed E-state index contributed by atoms with van der Waals surface area (Å²) in [6, 6.07) is 6.58. The molecule has 0 atom stereocenters. The minimum absolute atomic E-state index is 0.0947. The smallest absolute Gasteiger partial charge is 0.0965 e. The van der Waals surface area contributed by atoms with Gasteiger partial charge in [-0.1, -0.05) is 34.5 Å². The van der Waals surface area contributed by atoms with Crippen molar-refractivity contribution in [3.8, 4) is 0 Å². The third-order valence-electron chi connectivity index (χ3n) is 3.01. The summed E-state index contributed by atoms with van der Waals surface area (Å²) in [7, 11) is 0. The molecule has 1 heterocycles. The van der Waals surface area contributed by atoms with Crippen molar-refractivity contribution >= 4 is 0 Å². The van der Waals surface area contributed by atoms with E-state index in [1.165, 1.54) is 16.7 Å². The molecule has 0 aliphatic carbocycles. The molecule has 4 nitrogen and oxygen atoms in total. The number of nitrogens with one attached hydrogen (secondary N) is 1.